The van der Waals surface area contributed by atoms with Gasteiger partial charge >= 0.3 is 0 Å². The highest BCUT2D eigenvalue weighted by Gasteiger charge is 2.21. The van der Waals surface area contributed by atoms with Crippen LogP contribution in [0.4, 0.5) is 0 Å². The summed E-state index contributed by atoms with van der Waals surface area (Å²) in [5.41, 5.74) is 5.71. The van der Waals surface area contributed by atoms with Gasteiger partial charge < -0.3 is 4.42 Å². The molecule has 1 nitrogen and oxygen atoms in total. The SMILES string of the molecule is [2H]c1c([2H])c([2H])c(-c2cccc(-c3c4ccccc4c(-c4cccc5oc6c(-c7c([2H])c([2H])c([2H])c([2H])c7[2H])cccc6c45)c4ccccc34)c2)c([2H])c1[2H]. The quantitative estimate of drug-likeness (QED) is 0.188. The normalized spacial score (nSPS) is 14.7. The number of furan rings is 1. The summed E-state index contributed by atoms with van der Waals surface area (Å²) in [6.45, 7) is 0. The van der Waals surface area contributed by atoms with E-state index in [9.17, 15) is 0 Å². The minimum atomic E-state index is -0.458. The molecule has 1 aromatic heterocycles. The predicted octanol–water partition coefficient (Wildman–Crippen LogP) is 12.6. The van der Waals surface area contributed by atoms with Gasteiger partial charge in [-0.15, -0.1) is 0 Å². The van der Waals surface area contributed by atoms with Gasteiger partial charge in [0.2, 0.25) is 0 Å². The molecule has 0 N–H and O–H groups in total. The van der Waals surface area contributed by atoms with Gasteiger partial charge in [0, 0.05) is 16.3 Å². The van der Waals surface area contributed by atoms with Gasteiger partial charge in [-0.25, -0.2) is 0 Å². The van der Waals surface area contributed by atoms with Gasteiger partial charge in [-0.05, 0) is 72.6 Å². The molecule has 0 amide bonds. The van der Waals surface area contributed by atoms with Crippen molar-refractivity contribution in [3.63, 3.8) is 0 Å². The highest BCUT2D eigenvalue weighted by Crippen LogP contribution is 2.47. The third kappa shape index (κ3) is 4.09. The average Bonchev–Trinajstić information content (AvgIpc) is 3.60. The molecular weight excluding hydrogens is 544 g/mol. The summed E-state index contributed by atoms with van der Waals surface area (Å²) in [6, 6.07) is 31.3. The Labute approximate surface area is 275 Å². The summed E-state index contributed by atoms with van der Waals surface area (Å²) in [4.78, 5) is 0. The van der Waals surface area contributed by atoms with Crippen LogP contribution in [0.25, 0.3) is 88.0 Å². The highest BCUT2D eigenvalue weighted by atomic mass is 16.3. The van der Waals surface area contributed by atoms with Crippen LogP contribution < -0.4 is 0 Å². The number of rotatable bonds is 4. The van der Waals surface area contributed by atoms with Crippen molar-refractivity contribution in [3.05, 3.63) is 170 Å². The van der Waals surface area contributed by atoms with Crippen molar-refractivity contribution in [2.24, 2.45) is 0 Å². The molecule has 210 valence electrons. The Bertz CT molecular complexity index is 3000. The maximum Gasteiger partial charge on any atom is 0.143 e. The van der Waals surface area contributed by atoms with E-state index in [0.717, 1.165) is 54.6 Å². The second-order valence-electron chi connectivity index (χ2n) is 10.9. The molecule has 0 aliphatic carbocycles. The third-order valence-corrected chi connectivity index (χ3v) is 8.43. The zero-order valence-electron chi connectivity index (χ0n) is 33.8. The molecule has 9 aromatic rings. The van der Waals surface area contributed by atoms with Crippen molar-refractivity contribution in [1.82, 2.24) is 0 Å². The predicted molar refractivity (Wildman–Crippen MR) is 190 cm³/mol. The van der Waals surface area contributed by atoms with Gasteiger partial charge in [0.15, 0.2) is 0 Å². The topological polar surface area (TPSA) is 13.1 Å². The Kier molecular flexibility index (Phi) is 4.01. The first-order chi connectivity index (χ1) is 26.5. The van der Waals surface area contributed by atoms with Crippen molar-refractivity contribution in [1.29, 1.82) is 0 Å². The summed E-state index contributed by atoms with van der Waals surface area (Å²) in [6.07, 6.45) is 0. The molecule has 0 radical (unpaired) electrons. The van der Waals surface area contributed by atoms with Gasteiger partial charge in [-0.1, -0.05) is 157 Å². The van der Waals surface area contributed by atoms with E-state index in [-0.39, 0.29) is 47.4 Å². The molecule has 0 saturated carbocycles. The second-order valence-corrected chi connectivity index (χ2v) is 10.9. The smallest absolute Gasteiger partial charge is 0.143 e. The molecule has 0 unspecified atom stereocenters. The van der Waals surface area contributed by atoms with Crippen molar-refractivity contribution >= 4 is 43.5 Å². The van der Waals surface area contributed by atoms with Crippen molar-refractivity contribution < 1.29 is 18.1 Å². The number of benzene rings is 8. The van der Waals surface area contributed by atoms with E-state index < -0.39 is 24.2 Å². The Morgan fingerprint density at radius 3 is 1.62 bits per heavy atom. The third-order valence-electron chi connectivity index (χ3n) is 8.43. The number of fused-ring (bicyclic) bond motifs is 5. The van der Waals surface area contributed by atoms with Crippen LogP contribution >= 0.6 is 0 Å². The number of para-hydroxylation sites is 1. The summed E-state index contributed by atoms with van der Waals surface area (Å²) in [7, 11) is 0. The van der Waals surface area contributed by atoms with Crippen LogP contribution in [0.1, 0.15) is 13.7 Å². The fourth-order valence-electron chi connectivity index (χ4n) is 6.59. The monoisotopic (exact) mass is 582 g/mol. The Hall–Kier alpha value is -5.92. The Balaban J connectivity index is 1.33. The van der Waals surface area contributed by atoms with Crippen LogP contribution in [0.15, 0.2) is 174 Å². The molecule has 9 rings (SSSR count). The van der Waals surface area contributed by atoms with Crippen LogP contribution in [0.5, 0.6) is 0 Å². The molecule has 0 fully saturated rings. The summed E-state index contributed by atoms with van der Waals surface area (Å²) >= 11 is 0. The Morgan fingerprint density at radius 1 is 0.400 bits per heavy atom. The van der Waals surface area contributed by atoms with Crippen LogP contribution in [-0.4, -0.2) is 0 Å². The maximum absolute atomic E-state index is 8.68. The van der Waals surface area contributed by atoms with Crippen LogP contribution in [0, 0.1) is 0 Å². The lowest BCUT2D eigenvalue weighted by Gasteiger charge is -2.18. The minimum Gasteiger partial charge on any atom is -0.455 e. The van der Waals surface area contributed by atoms with E-state index in [1.807, 2.05) is 72.8 Å². The largest absolute Gasteiger partial charge is 0.455 e. The molecule has 0 aliphatic heterocycles. The lowest BCUT2D eigenvalue weighted by atomic mass is 9.84. The second kappa shape index (κ2) is 10.4. The zero-order valence-corrected chi connectivity index (χ0v) is 23.8. The standard InChI is InChI=1S/C44H28O/c1-3-14-29(15-4-1)31-18-11-19-32(28-31)41-34-20-7-9-22-36(34)42(37-23-10-8-21-35(37)41)38-25-13-27-40-43(38)39-26-12-24-33(44(39)45-40)30-16-5-2-6-17-30/h1-28H/i1D,2D,3D,4D,5D,6D,14D,15D,16D,17D. The van der Waals surface area contributed by atoms with Crippen molar-refractivity contribution in [2.75, 3.05) is 0 Å². The molecular formula is C44H28O. The molecule has 0 aliphatic rings. The molecule has 0 saturated heterocycles. The van der Waals surface area contributed by atoms with Gasteiger partial charge in [0.1, 0.15) is 11.2 Å². The zero-order chi connectivity index (χ0) is 38.4. The van der Waals surface area contributed by atoms with E-state index in [0.29, 0.717) is 22.3 Å². The summed E-state index contributed by atoms with van der Waals surface area (Å²) < 4.78 is 90.5. The van der Waals surface area contributed by atoms with E-state index in [1.165, 1.54) is 0 Å². The van der Waals surface area contributed by atoms with Crippen molar-refractivity contribution in [3.8, 4) is 44.5 Å². The molecule has 0 spiro atoms. The Morgan fingerprint density at radius 2 is 0.933 bits per heavy atom. The first-order valence-electron chi connectivity index (χ1n) is 19.6. The lowest BCUT2D eigenvalue weighted by molar-refractivity contribution is 0.670. The molecule has 0 atom stereocenters. The number of hydrogen-bond donors (Lipinski definition) is 0. The molecule has 1 heteroatoms. The van der Waals surface area contributed by atoms with E-state index >= 15 is 0 Å². The molecule has 45 heavy (non-hydrogen) atoms. The lowest BCUT2D eigenvalue weighted by Crippen LogP contribution is -1.91. The molecule has 0 bridgehead atoms. The van der Waals surface area contributed by atoms with Crippen molar-refractivity contribution in [2.45, 2.75) is 0 Å². The first kappa shape index (κ1) is 17.4. The summed E-state index contributed by atoms with van der Waals surface area (Å²) in [5.74, 6) is 0. The molecule has 8 aromatic carbocycles. The minimum absolute atomic E-state index is 0.0725. The van der Waals surface area contributed by atoms with Gasteiger partial charge in [0.25, 0.3) is 0 Å². The number of hydrogen-bond acceptors (Lipinski definition) is 1. The highest BCUT2D eigenvalue weighted by molar-refractivity contribution is 6.26. The van der Waals surface area contributed by atoms with Crippen LogP contribution in [0.3, 0.4) is 0 Å². The van der Waals surface area contributed by atoms with E-state index in [4.69, 9.17) is 18.1 Å². The van der Waals surface area contributed by atoms with Crippen LogP contribution in [-0.2, 0) is 0 Å². The fraction of sp³-hybridized carbons (Fsp3) is 0. The van der Waals surface area contributed by atoms with E-state index in [2.05, 4.69) is 24.3 Å². The fourth-order valence-corrected chi connectivity index (χ4v) is 6.59. The van der Waals surface area contributed by atoms with Gasteiger partial charge in [0.05, 0.1) is 13.7 Å². The maximum atomic E-state index is 8.68. The average molecular weight is 583 g/mol. The van der Waals surface area contributed by atoms with Gasteiger partial charge in [-0.2, -0.15) is 0 Å². The van der Waals surface area contributed by atoms with Gasteiger partial charge in [-0.3, -0.25) is 0 Å². The first-order valence-corrected chi connectivity index (χ1v) is 14.6. The summed E-state index contributed by atoms with van der Waals surface area (Å²) in [5, 5.41) is 5.34. The van der Waals surface area contributed by atoms with E-state index in [1.54, 1.807) is 12.1 Å². The molecule has 1 heterocycles. The van der Waals surface area contributed by atoms with Crippen LogP contribution in [0.2, 0.25) is 0 Å².